The highest BCUT2D eigenvalue weighted by atomic mass is 35.5. The summed E-state index contributed by atoms with van der Waals surface area (Å²) in [6.45, 7) is 1.76. The molecule has 0 saturated carbocycles. The third-order valence-corrected chi connectivity index (χ3v) is 2.86. The third-order valence-electron chi connectivity index (χ3n) is 2.15. The summed E-state index contributed by atoms with van der Waals surface area (Å²) < 4.78 is 0. The Kier molecular flexibility index (Phi) is 4.43. The molecule has 0 saturated heterocycles. The SMILES string of the molecule is C.Clc1cccc(Cl)c1CC1=NCCN1. The van der Waals surface area contributed by atoms with Crippen molar-refractivity contribution in [1.82, 2.24) is 5.32 Å². The van der Waals surface area contributed by atoms with Gasteiger partial charge in [-0.2, -0.15) is 0 Å². The number of halogens is 2. The Labute approximate surface area is 100 Å². The molecule has 4 heteroatoms. The van der Waals surface area contributed by atoms with Crippen LogP contribution in [-0.4, -0.2) is 18.9 Å². The fourth-order valence-corrected chi connectivity index (χ4v) is 1.97. The summed E-state index contributed by atoms with van der Waals surface area (Å²) in [6, 6.07) is 5.54. The fraction of sp³-hybridized carbons (Fsp3) is 0.364. The maximum Gasteiger partial charge on any atom is 0.101 e. The van der Waals surface area contributed by atoms with Crippen molar-refractivity contribution in [2.24, 2.45) is 4.99 Å². The Morgan fingerprint density at radius 2 is 1.93 bits per heavy atom. The first kappa shape index (κ1) is 12.3. The average molecular weight is 245 g/mol. The van der Waals surface area contributed by atoms with Crippen LogP contribution in [0.4, 0.5) is 0 Å². The Morgan fingerprint density at radius 3 is 2.47 bits per heavy atom. The average Bonchev–Trinajstić information content (AvgIpc) is 2.64. The molecule has 1 aromatic carbocycles. The molecule has 0 radical (unpaired) electrons. The van der Waals surface area contributed by atoms with Gasteiger partial charge in [0.2, 0.25) is 0 Å². The van der Waals surface area contributed by atoms with E-state index in [0.717, 1.165) is 24.5 Å². The van der Waals surface area contributed by atoms with E-state index in [2.05, 4.69) is 10.3 Å². The van der Waals surface area contributed by atoms with Crippen LogP contribution in [0.3, 0.4) is 0 Å². The van der Waals surface area contributed by atoms with Gasteiger partial charge in [0.15, 0.2) is 0 Å². The summed E-state index contributed by atoms with van der Waals surface area (Å²) in [4.78, 5) is 4.30. The van der Waals surface area contributed by atoms with Crippen LogP contribution in [0.15, 0.2) is 23.2 Å². The van der Waals surface area contributed by atoms with Gasteiger partial charge in [-0.25, -0.2) is 0 Å². The summed E-state index contributed by atoms with van der Waals surface area (Å²) in [5.41, 5.74) is 0.948. The summed E-state index contributed by atoms with van der Waals surface area (Å²) in [6.07, 6.45) is 0.693. The zero-order valence-corrected chi connectivity index (χ0v) is 9.07. The summed E-state index contributed by atoms with van der Waals surface area (Å²) in [5.74, 6) is 0.972. The molecule has 82 valence electrons. The van der Waals surface area contributed by atoms with Gasteiger partial charge >= 0.3 is 0 Å². The topological polar surface area (TPSA) is 24.4 Å². The zero-order valence-electron chi connectivity index (χ0n) is 7.56. The number of nitrogens with zero attached hydrogens (tertiary/aromatic N) is 1. The first-order valence-corrected chi connectivity index (χ1v) is 5.23. The summed E-state index contributed by atoms with van der Waals surface area (Å²) in [7, 11) is 0. The molecule has 0 aromatic heterocycles. The van der Waals surface area contributed by atoms with Crippen LogP contribution in [0.2, 0.25) is 10.0 Å². The molecule has 0 unspecified atom stereocenters. The van der Waals surface area contributed by atoms with Crippen molar-refractivity contribution in [3.05, 3.63) is 33.8 Å². The first-order valence-electron chi connectivity index (χ1n) is 4.47. The van der Waals surface area contributed by atoms with E-state index in [0.29, 0.717) is 16.5 Å². The monoisotopic (exact) mass is 244 g/mol. The molecular weight excluding hydrogens is 231 g/mol. The Balaban J connectivity index is 0.00000112. The first-order chi connectivity index (χ1) is 6.77. The molecule has 0 bridgehead atoms. The molecule has 1 aliphatic heterocycles. The van der Waals surface area contributed by atoms with Gasteiger partial charge < -0.3 is 5.32 Å². The highest BCUT2D eigenvalue weighted by Gasteiger charge is 2.11. The highest BCUT2D eigenvalue weighted by Crippen LogP contribution is 2.24. The number of hydrogen-bond donors (Lipinski definition) is 1. The van der Waals surface area contributed by atoms with Crippen molar-refractivity contribution in [1.29, 1.82) is 0 Å². The lowest BCUT2D eigenvalue weighted by Crippen LogP contribution is -2.20. The van der Waals surface area contributed by atoms with Gasteiger partial charge in [0.25, 0.3) is 0 Å². The number of rotatable bonds is 2. The lowest BCUT2D eigenvalue weighted by molar-refractivity contribution is 0.953. The van der Waals surface area contributed by atoms with Crippen molar-refractivity contribution in [3.8, 4) is 0 Å². The largest absolute Gasteiger partial charge is 0.372 e. The zero-order chi connectivity index (χ0) is 9.97. The van der Waals surface area contributed by atoms with Crippen LogP contribution in [0.1, 0.15) is 13.0 Å². The second kappa shape index (κ2) is 5.38. The van der Waals surface area contributed by atoms with Crippen molar-refractivity contribution in [2.45, 2.75) is 13.8 Å². The van der Waals surface area contributed by atoms with E-state index in [1.807, 2.05) is 18.2 Å². The van der Waals surface area contributed by atoms with E-state index in [-0.39, 0.29) is 7.43 Å². The van der Waals surface area contributed by atoms with Gasteiger partial charge in [-0.3, -0.25) is 4.99 Å². The standard InChI is InChI=1S/C10H10Cl2N2.CH4/c11-8-2-1-3-9(12)7(8)6-10-13-4-5-14-10;/h1-3H,4-6H2,(H,13,14);1H4. The number of aliphatic imine (C=N–C) groups is 1. The molecule has 0 fully saturated rings. The highest BCUT2D eigenvalue weighted by molar-refractivity contribution is 6.36. The predicted octanol–water partition coefficient (Wildman–Crippen LogP) is 3.17. The number of nitrogens with one attached hydrogen (secondary N) is 1. The van der Waals surface area contributed by atoms with Gasteiger partial charge in [-0.05, 0) is 17.7 Å². The van der Waals surface area contributed by atoms with Gasteiger partial charge in [-0.1, -0.05) is 36.7 Å². The smallest absolute Gasteiger partial charge is 0.101 e. The maximum atomic E-state index is 6.04. The molecule has 2 nitrogen and oxygen atoms in total. The van der Waals surface area contributed by atoms with E-state index >= 15 is 0 Å². The van der Waals surface area contributed by atoms with E-state index < -0.39 is 0 Å². The van der Waals surface area contributed by atoms with Crippen LogP contribution >= 0.6 is 23.2 Å². The van der Waals surface area contributed by atoms with Crippen molar-refractivity contribution in [3.63, 3.8) is 0 Å². The molecule has 1 aliphatic rings. The minimum atomic E-state index is 0. The van der Waals surface area contributed by atoms with Crippen LogP contribution < -0.4 is 5.32 Å². The Morgan fingerprint density at radius 1 is 1.27 bits per heavy atom. The normalized spacial score (nSPS) is 14.1. The van der Waals surface area contributed by atoms with Crippen LogP contribution in [0.25, 0.3) is 0 Å². The molecule has 1 aromatic rings. The van der Waals surface area contributed by atoms with E-state index in [1.165, 1.54) is 0 Å². The van der Waals surface area contributed by atoms with Crippen LogP contribution in [-0.2, 0) is 6.42 Å². The van der Waals surface area contributed by atoms with Crippen molar-refractivity contribution < 1.29 is 0 Å². The lowest BCUT2D eigenvalue weighted by Gasteiger charge is -2.06. The number of amidine groups is 1. The van der Waals surface area contributed by atoms with E-state index in [9.17, 15) is 0 Å². The number of hydrogen-bond acceptors (Lipinski definition) is 2. The molecule has 0 aliphatic carbocycles. The van der Waals surface area contributed by atoms with Crippen molar-refractivity contribution in [2.75, 3.05) is 13.1 Å². The van der Waals surface area contributed by atoms with Gasteiger partial charge in [0.1, 0.15) is 5.84 Å². The van der Waals surface area contributed by atoms with Crippen molar-refractivity contribution >= 4 is 29.0 Å². The second-order valence-corrected chi connectivity index (χ2v) is 3.95. The molecule has 1 N–H and O–H groups in total. The summed E-state index contributed by atoms with van der Waals surface area (Å²) in [5, 5.41) is 4.60. The summed E-state index contributed by atoms with van der Waals surface area (Å²) >= 11 is 12.1. The van der Waals surface area contributed by atoms with E-state index in [1.54, 1.807) is 0 Å². The van der Waals surface area contributed by atoms with Gasteiger partial charge in [-0.15, -0.1) is 0 Å². The molecular formula is C11H14Cl2N2. The molecule has 1 heterocycles. The molecule has 0 amide bonds. The maximum absolute atomic E-state index is 6.04. The molecule has 2 rings (SSSR count). The van der Waals surface area contributed by atoms with E-state index in [4.69, 9.17) is 23.2 Å². The van der Waals surface area contributed by atoms with Gasteiger partial charge in [0.05, 0.1) is 6.54 Å². The lowest BCUT2D eigenvalue weighted by atomic mass is 10.1. The minimum Gasteiger partial charge on any atom is -0.372 e. The quantitative estimate of drug-likeness (QED) is 0.850. The van der Waals surface area contributed by atoms with Gasteiger partial charge in [0, 0.05) is 23.0 Å². The second-order valence-electron chi connectivity index (χ2n) is 3.13. The molecule has 0 atom stereocenters. The Hall–Kier alpha value is -0.730. The fourth-order valence-electron chi connectivity index (χ4n) is 1.43. The minimum absolute atomic E-state index is 0. The molecule has 0 spiro atoms. The third kappa shape index (κ3) is 2.86. The predicted molar refractivity (Wildman–Crippen MR) is 67.2 cm³/mol. The van der Waals surface area contributed by atoms with Crippen LogP contribution in [0.5, 0.6) is 0 Å². The Bertz CT molecular complexity index is 355. The number of benzene rings is 1. The van der Waals surface area contributed by atoms with Crippen LogP contribution in [0, 0.1) is 0 Å². The molecule has 15 heavy (non-hydrogen) atoms.